The number of likely N-dealkylation sites (N-methyl/N-ethyl adjacent to an activating group) is 1. The van der Waals surface area contributed by atoms with E-state index in [2.05, 4.69) is 0 Å². The molecular formula is C29H33ClFN3O5. The number of halogens is 2. The molecule has 5 rings (SSSR count). The number of hydrogen-bond donors (Lipinski definition) is 0. The van der Waals surface area contributed by atoms with E-state index < -0.39 is 17.3 Å². The first-order valence-corrected chi connectivity index (χ1v) is 13.6. The number of carbonyl (C=O) groups excluding carboxylic acids is 3. The third kappa shape index (κ3) is 5.75. The fourth-order valence-corrected chi connectivity index (χ4v) is 5.83. The zero-order valence-electron chi connectivity index (χ0n) is 22.1. The fraction of sp³-hybridized carbons (Fsp3) is 0.483. The molecule has 208 valence electrons. The van der Waals surface area contributed by atoms with Gasteiger partial charge in [0.25, 0.3) is 0 Å². The number of piperidine rings is 1. The maximum Gasteiger partial charge on any atom is 0.415 e. The summed E-state index contributed by atoms with van der Waals surface area (Å²) in [5, 5.41) is 0.605. The van der Waals surface area contributed by atoms with Gasteiger partial charge in [0.05, 0.1) is 24.7 Å². The first-order chi connectivity index (χ1) is 18.6. The van der Waals surface area contributed by atoms with Crippen molar-refractivity contribution in [2.24, 2.45) is 11.3 Å². The highest BCUT2D eigenvalue weighted by Crippen LogP contribution is 2.35. The molecule has 0 saturated carbocycles. The van der Waals surface area contributed by atoms with Crippen LogP contribution in [0.2, 0.25) is 5.02 Å². The second kappa shape index (κ2) is 11.1. The maximum absolute atomic E-state index is 13.6. The molecule has 0 aliphatic carbocycles. The van der Waals surface area contributed by atoms with E-state index in [9.17, 15) is 18.8 Å². The Bertz CT molecular complexity index is 1210. The Morgan fingerprint density at radius 3 is 2.23 bits per heavy atom. The van der Waals surface area contributed by atoms with E-state index in [4.69, 9.17) is 21.1 Å². The van der Waals surface area contributed by atoms with Crippen molar-refractivity contribution >= 4 is 29.5 Å². The van der Waals surface area contributed by atoms with Crippen LogP contribution in [0.4, 0.5) is 9.18 Å². The molecular weight excluding hydrogens is 525 g/mol. The molecule has 0 bridgehead atoms. The van der Waals surface area contributed by atoms with Crippen LogP contribution in [-0.4, -0.2) is 85.1 Å². The van der Waals surface area contributed by atoms with Crippen molar-refractivity contribution in [3.05, 3.63) is 64.9 Å². The average Bonchev–Trinajstić information content (AvgIpc) is 3.37. The molecule has 10 heteroatoms. The van der Waals surface area contributed by atoms with E-state index in [-0.39, 0.29) is 35.4 Å². The lowest BCUT2D eigenvalue weighted by Gasteiger charge is -2.42. The summed E-state index contributed by atoms with van der Waals surface area (Å²) < 4.78 is 24.0. The maximum atomic E-state index is 13.6. The molecule has 2 aromatic carbocycles. The SMILES string of the molecule is CN(C(=O)Oc1ccc(F)cc1)[C@@H]1CN(C(=O)C2CCN(C(=O)C3(C)COC3)CC2)C[C@H]1c1ccc(Cl)cc1. The summed E-state index contributed by atoms with van der Waals surface area (Å²) in [5.41, 5.74) is 0.523. The quantitative estimate of drug-likeness (QED) is 0.551. The van der Waals surface area contributed by atoms with Gasteiger partial charge in [0.1, 0.15) is 11.6 Å². The molecule has 2 atom stereocenters. The lowest BCUT2D eigenvalue weighted by Crippen LogP contribution is -2.55. The van der Waals surface area contributed by atoms with Crippen molar-refractivity contribution in [3.8, 4) is 5.75 Å². The molecule has 8 nitrogen and oxygen atoms in total. The Morgan fingerprint density at radius 1 is 1.00 bits per heavy atom. The Morgan fingerprint density at radius 2 is 1.64 bits per heavy atom. The summed E-state index contributed by atoms with van der Waals surface area (Å²) in [4.78, 5) is 44.7. The first kappa shape index (κ1) is 27.4. The van der Waals surface area contributed by atoms with Gasteiger partial charge in [0, 0.05) is 50.1 Å². The molecule has 2 aromatic rings. The third-order valence-corrected chi connectivity index (χ3v) is 8.44. The summed E-state index contributed by atoms with van der Waals surface area (Å²) >= 11 is 6.11. The van der Waals surface area contributed by atoms with Crippen LogP contribution in [0, 0.1) is 17.2 Å². The number of hydrogen-bond acceptors (Lipinski definition) is 5. The number of rotatable bonds is 5. The van der Waals surface area contributed by atoms with Crippen LogP contribution in [0.25, 0.3) is 0 Å². The van der Waals surface area contributed by atoms with E-state index in [1.807, 2.05) is 28.9 Å². The van der Waals surface area contributed by atoms with E-state index in [1.165, 1.54) is 29.2 Å². The second-order valence-electron chi connectivity index (χ2n) is 11.0. The predicted octanol–water partition coefficient (Wildman–Crippen LogP) is 4.18. The molecule has 39 heavy (non-hydrogen) atoms. The minimum absolute atomic E-state index is 0.0436. The molecule has 0 spiro atoms. The molecule has 0 radical (unpaired) electrons. The van der Waals surface area contributed by atoms with Gasteiger partial charge in [0.2, 0.25) is 11.8 Å². The van der Waals surface area contributed by atoms with Gasteiger partial charge in [-0.1, -0.05) is 23.7 Å². The van der Waals surface area contributed by atoms with Gasteiger partial charge in [-0.3, -0.25) is 9.59 Å². The molecule has 3 saturated heterocycles. The summed E-state index contributed by atoms with van der Waals surface area (Å²) in [5.74, 6) is -0.354. The predicted molar refractivity (Wildman–Crippen MR) is 143 cm³/mol. The Labute approximate surface area is 232 Å². The third-order valence-electron chi connectivity index (χ3n) is 8.19. The minimum atomic E-state index is -0.583. The van der Waals surface area contributed by atoms with E-state index in [0.29, 0.717) is 57.3 Å². The highest BCUT2D eigenvalue weighted by molar-refractivity contribution is 6.30. The number of carbonyl (C=O) groups is 3. The van der Waals surface area contributed by atoms with Gasteiger partial charge in [-0.15, -0.1) is 0 Å². The van der Waals surface area contributed by atoms with Crippen molar-refractivity contribution in [3.63, 3.8) is 0 Å². The number of likely N-dealkylation sites (tertiary alicyclic amines) is 2. The lowest BCUT2D eigenvalue weighted by molar-refractivity contribution is -0.170. The zero-order valence-corrected chi connectivity index (χ0v) is 22.9. The summed E-state index contributed by atoms with van der Waals surface area (Å²) in [6.45, 7) is 4.73. The summed E-state index contributed by atoms with van der Waals surface area (Å²) in [7, 11) is 1.66. The molecule has 0 aromatic heterocycles. The van der Waals surface area contributed by atoms with Gasteiger partial charge in [-0.2, -0.15) is 0 Å². The second-order valence-corrected chi connectivity index (χ2v) is 11.5. The number of nitrogens with zero attached hydrogens (tertiary/aromatic N) is 3. The minimum Gasteiger partial charge on any atom is -0.410 e. The normalized spacial score (nSPS) is 22.8. The topological polar surface area (TPSA) is 79.4 Å². The van der Waals surface area contributed by atoms with Gasteiger partial charge in [0.15, 0.2) is 0 Å². The largest absolute Gasteiger partial charge is 0.415 e. The number of amides is 3. The molecule has 0 N–H and O–H groups in total. The Kier molecular flexibility index (Phi) is 7.82. The van der Waals surface area contributed by atoms with Crippen LogP contribution < -0.4 is 4.74 Å². The van der Waals surface area contributed by atoms with Crippen molar-refractivity contribution in [2.75, 3.05) is 46.4 Å². The van der Waals surface area contributed by atoms with Gasteiger partial charge < -0.3 is 24.2 Å². The van der Waals surface area contributed by atoms with E-state index >= 15 is 0 Å². The first-order valence-electron chi connectivity index (χ1n) is 13.3. The molecule has 3 aliphatic rings. The number of benzene rings is 2. The Hall–Kier alpha value is -3.17. The molecule has 3 fully saturated rings. The average molecular weight is 558 g/mol. The van der Waals surface area contributed by atoms with Crippen LogP contribution in [0.5, 0.6) is 5.75 Å². The molecule has 3 amide bonds. The number of ether oxygens (including phenoxy) is 2. The van der Waals surface area contributed by atoms with Crippen LogP contribution in [-0.2, 0) is 14.3 Å². The summed E-state index contributed by atoms with van der Waals surface area (Å²) in [6.07, 6.45) is 0.633. The van der Waals surface area contributed by atoms with E-state index in [1.54, 1.807) is 19.2 Å². The van der Waals surface area contributed by atoms with Crippen molar-refractivity contribution in [2.45, 2.75) is 31.7 Å². The van der Waals surface area contributed by atoms with Gasteiger partial charge in [-0.05, 0) is 61.7 Å². The highest BCUT2D eigenvalue weighted by Gasteiger charge is 2.46. The summed E-state index contributed by atoms with van der Waals surface area (Å²) in [6, 6.07) is 12.4. The van der Waals surface area contributed by atoms with Crippen LogP contribution in [0.1, 0.15) is 31.2 Å². The highest BCUT2D eigenvalue weighted by atomic mass is 35.5. The van der Waals surface area contributed by atoms with Crippen molar-refractivity contribution in [1.82, 2.24) is 14.7 Å². The van der Waals surface area contributed by atoms with E-state index in [0.717, 1.165) is 5.56 Å². The lowest BCUT2D eigenvalue weighted by atomic mass is 9.85. The molecule has 3 heterocycles. The molecule has 0 unspecified atom stereocenters. The van der Waals surface area contributed by atoms with Crippen molar-refractivity contribution < 1.29 is 28.2 Å². The molecule has 3 aliphatic heterocycles. The van der Waals surface area contributed by atoms with Crippen LogP contribution in [0.3, 0.4) is 0 Å². The smallest absolute Gasteiger partial charge is 0.410 e. The Balaban J connectivity index is 1.27. The van der Waals surface area contributed by atoms with Crippen molar-refractivity contribution in [1.29, 1.82) is 0 Å². The monoisotopic (exact) mass is 557 g/mol. The zero-order chi connectivity index (χ0) is 27.7. The fourth-order valence-electron chi connectivity index (χ4n) is 5.71. The van der Waals surface area contributed by atoms with Crippen LogP contribution in [0.15, 0.2) is 48.5 Å². The van der Waals surface area contributed by atoms with Crippen LogP contribution >= 0.6 is 11.6 Å². The standard InChI is InChI=1S/C29H33ClFN3O5/c1-29(17-38-18-29)27(36)33-13-11-20(12-14-33)26(35)34-15-24(19-3-5-21(30)6-4-19)25(16-34)32(2)28(37)39-23-9-7-22(31)8-10-23/h3-10,20,24-25H,11-18H2,1-2H3/t24-,25+/m0/s1. The van der Waals surface area contributed by atoms with Gasteiger partial charge in [-0.25, -0.2) is 9.18 Å². The van der Waals surface area contributed by atoms with Gasteiger partial charge >= 0.3 is 6.09 Å².